The Bertz CT molecular complexity index is 495. The van der Waals surface area contributed by atoms with Gasteiger partial charge in [-0.3, -0.25) is 0 Å². The Labute approximate surface area is 121 Å². The van der Waals surface area contributed by atoms with Crippen molar-refractivity contribution in [1.82, 2.24) is 4.72 Å². The molecule has 0 heterocycles. The van der Waals surface area contributed by atoms with Crippen molar-refractivity contribution in [3.63, 3.8) is 0 Å². The summed E-state index contributed by atoms with van der Waals surface area (Å²) >= 11 is 0. The molecule has 1 saturated carbocycles. The van der Waals surface area contributed by atoms with Gasteiger partial charge < -0.3 is 5.11 Å². The minimum absolute atomic E-state index is 0.0362. The van der Waals surface area contributed by atoms with Crippen molar-refractivity contribution in [2.45, 2.75) is 38.1 Å². The highest BCUT2D eigenvalue weighted by atomic mass is 32.2. The molecule has 0 aromatic heterocycles. The average molecular weight is 297 g/mol. The molecule has 0 bridgehead atoms. The summed E-state index contributed by atoms with van der Waals surface area (Å²) in [5.74, 6) is 0.500. The maximum absolute atomic E-state index is 12.3. The number of hydrogen-bond donors (Lipinski definition) is 2. The van der Waals surface area contributed by atoms with E-state index < -0.39 is 10.0 Å². The highest BCUT2D eigenvalue weighted by molar-refractivity contribution is 7.89. The number of nitrogens with one attached hydrogen (secondary N) is 1. The van der Waals surface area contributed by atoms with Gasteiger partial charge in [0.05, 0.1) is 5.75 Å². The summed E-state index contributed by atoms with van der Waals surface area (Å²) < 4.78 is 27.3. The molecule has 1 aliphatic rings. The van der Waals surface area contributed by atoms with Crippen LogP contribution in [0.3, 0.4) is 0 Å². The van der Waals surface area contributed by atoms with Crippen molar-refractivity contribution in [2.75, 3.05) is 12.4 Å². The van der Waals surface area contributed by atoms with Gasteiger partial charge in [0, 0.05) is 12.6 Å². The van der Waals surface area contributed by atoms with Gasteiger partial charge in [-0.15, -0.1) is 0 Å². The van der Waals surface area contributed by atoms with E-state index in [-0.39, 0.29) is 24.3 Å². The van der Waals surface area contributed by atoms with E-state index >= 15 is 0 Å². The quantitative estimate of drug-likeness (QED) is 0.811. The van der Waals surface area contributed by atoms with Crippen molar-refractivity contribution < 1.29 is 13.5 Å². The van der Waals surface area contributed by atoms with Crippen molar-refractivity contribution in [3.8, 4) is 0 Å². The minimum Gasteiger partial charge on any atom is -0.396 e. The summed E-state index contributed by atoms with van der Waals surface area (Å²) in [6.45, 7) is -0.0362. The fourth-order valence-electron chi connectivity index (χ4n) is 2.86. The van der Waals surface area contributed by atoms with Crippen molar-refractivity contribution in [2.24, 2.45) is 5.92 Å². The van der Waals surface area contributed by atoms with Crippen LogP contribution in [0.15, 0.2) is 30.3 Å². The van der Waals surface area contributed by atoms with Gasteiger partial charge in [-0.2, -0.15) is 0 Å². The van der Waals surface area contributed by atoms with E-state index in [1.807, 2.05) is 30.3 Å². The summed E-state index contributed by atoms with van der Waals surface area (Å²) in [7, 11) is -3.30. The molecule has 2 N–H and O–H groups in total. The predicted octanol–water partition coefficient (Wildman–Crippen LogP) is 2.22. The first-order chi connectivity index (χ1) is 9.61. The number of sulfonamides is 1. The predicted molar refractivity (Wildman–Crippen MR) is 79.8 cm³/mol. The van der Waals surface area contributed by atoms with Crippen LogP contribution >= 0.6 is 0 Å². The normalized spacial score (nSPS) is 18.2. The first-order valence-electron chi connectivity index (χ1n) is 7.26. The number of benzene rings is 1. The third kappa shape index (κ3) is 4.58. The Hall–Kier alpha value is -0.910. The van der Waals surface area contributed by atoms with Crippen molar-refractivity contribution in [1.29, 1.82) is 0 Å². The molecule has 0 spiro atoms. The largest absolute Gasteiger partial charge is 0.396 e. The molecule has 1 aromatic rings. The average Bonchev–Trinajstić information content (AvgIpc) is 2.91. The SMILES string of the molecule is O=S(=O)(CC1CCCC1)N[C@H](CCO)c1ccccc1. The molecule has 0 aliphatic heterocycles. The standard InChI is InChI=1S/C15H23NO3S/c17-11-10-15(14-8-2-1-3-9-14)16-20(18,19)12-13-6-4-5-7-13/h1-3,8-9,13,15-17H,4-7,10-12H2/t15-/m1/s1. The Kier molecular flexibility index (Phi) is 5.57. The second kappa shape index (κ2) is 7.20. The van der Waals surface area contributed by atoms with Gasteiger partial charge >= 0.3 is 0 Å². The van der Waals surface area contributed by atoms with E-state index in [1.54, 1.807) is 0 Å². The number of rotatable bonds is 7. The van der Waals surface area contributed by atoms with Crippen LogP contribution in [0.25, 0.3) is 0 Å². The zero-order valence-corrected chi connectivity index (χ0v) is 12.5. The number of hydrogen-bond acceptors (Lipinski definition) is 3. The van der Waals surface area contributed by atoms with Crippen LogP contribution in [0.2, 0.25) is 0 Å². The summed E-state index contributed by atoms with van der Waals surface area (Å²) in [6, 6.07) is 9.09. The molecular formula is C15H23NO3S. The molecule has 20 heavy (non-hydrogen) atoms. The van der Waals surface area contributed by atoms with Gasteiger partial charge in [0.2, 0.25) is 10.0 Å². The highest BCUT2D eigenvalue weighted by Crippen LogP contribution is 2.26. The first-order valence-corrected chi connectivity index (χ1v) is 8.92. The molecule has 1 atom stereocenters. The van der Waals surface area contributed by atoms with Crippen molar-refractivity contribution in [3.05, 3.63) is 35.9 Å². The van der Waals surface area contributed by atoms with Gasteiger partial charge in [0.15, 0.2) is 0 Å². The molecule has 5 heteroatoms. The van der Waals surface area contributed by atoms with Crippen LogP contribution in [-0.2, 0) is 10.0 Å². The van der Waals surface area contributed by atoms with Crippen LogP contribution < -0.4 is 4.72 Å². The molecule has 4 nitrogen and oxygen atoms in total. The lowest BCUT2D eigenvalue weighted by atomic mass is 10.1. The second-order valence-corrected chi connectivity index (χ2v) is 7.32. The lowest BCUT2D eigenvalue weighted by Gasteiger charge is -2.19. The number of aliphatic hydroxyl groups is 1. The van der Waals surface area contributed by atoms with Crippen LogP contribution in [-0.4, -0.2) is 25.9 Å². The molecule has 0 radical (unpaired) electrons. The van der Waals surface area contributed by atoms with Gasteiger partial charge in [-0.1, -0.05) is 43.2 Å². The Morgan fingerprint density at radius 1 is 1.20 bits per heavy atom. The smallest absolute Gasteiger partial charge is 0.212 e. The second-order valence-electron chi connectivity index (χ2n) is 5.53. The summed E-state index contributed by atoms with van der Waals surface area (Å²) in [4.78, 5) is 0. The van der Waals surface area contributed by atoms with E-state index in [2.05, 4.69) is 4.72 Å². The monoisotopic (exact) mass is 297 g/mol. The Morgan fingerprint density at radius 2 is 1.85 bits per heavy atom. The zero-order valence-electron chi connectivity index (χ0n) is 11.7. The van der Waals surface area contributed by atoms with Gasteiger partial charge in [0.25, 0.3) is 0 Å². The summed E-state index contributed by atoms with van der Waals surface area (Å²) in [5, 5.41) is 9.14. The third-order valence-electron chi connectivity index (χ3n) is 3.87. The van der Waals surface area contributed by atoms with Crippen LogP contribution in [0.1, 0.15) is 43.7 Å². The molecule has 1 aromatic carbocycles. The maximum Gasteiger partial charge on any atom is 0.212 e. The molecule has 112 valence electrons. The van der Waals surface area contributed by atoms with Crippen molar-refractivity contribution >= 4 is 10.0 Å². The Balaban J connectivity index is 2.03. The molecule has 1 fully saturated rings. The van der Waals surface area contributed by atoms with Crippen LogP contribution in [0, 0.1) is 5.92 Å². The Morgan fingerprint density at radius 3 is 2.45 bits per heavy atom. The van der Waals surface area contributed by atoms with Gasteiger partial charge in [-0.25, -0.2) is 13.1 Å². The fourth-order valence-corrected chi connectivity index (χ4v) is 4.60. The molecule has 0 unspecified atom stereocenters. The molecular weight excluding hydrogens is 274 g/mol. The van der Waals surface area contributed by atoms with E-state index in [0.717, 1.165) is 31.2 Å². The molecule has 0 amide bonds. The van der Waals surface area contributed by atoms with Gasteiger partial charge in [-0.05, 0) is 30.7 Å². The molecule has 1 aliphatic carbocycles. The van der Waals surface area contributed by atoms with Crippen LogP contribution in [0.5, 0.6) is 0 Å². The van der Waals surface area contributed by atoms with E-state index in [1.165, 1.54) is 0 Å². The third-order valence-corrected chi connectivity index (χ3v) is 5.43. The minimum atomic E-state index is -3.30. The topological polar surface area (TPSA) is 66.4 Å². The lowest BCUT2D eigenvalue weighted by molar-refractivity contribution is 0.272. The molecule has 0 saturated heterocycles. The molecule has 2 rings (SSSR count). The first kappa shape index (κ1) is 15.5. The van der Waals surface area contributed by atoms with Gasteiger partial charge in [0.1, 0.15) is 0 Å². The number of aliphatic hydroxyl groups excluding tert-OH is 1. The fraction of sp³-hybridized carbons (Fsp3) is 0.600. The van der Waals surface area contributed by atoms with E-state index in [9.17, 15) is 8.42 Å². The summed E-state index contributed by atoms with van der Waals surface area (Å²) in [5.41, 5.74) is 0.900. The highest BCUT2D eigenvalue weighted by Gasteiger charge is 2.25. The maximum atomic E-state index is 12.3. The van der Waals surface area contributed by atoms with E-state index in [0.29, 0.717) is 6.42 Å². The zero-order chi connectivity index (χ0) is 14.4. The summed E-state index contributed by atoms with van der Waals surface area (Å²) in [6.07, 6.45) is 4.69. The lowest BCUT2D eigenvalue weighted by Crippen LogP contribution is -2.33. The van der Waals surface area contributed by atoms with Crippen LogP contribution in [0.4, 0.5) is 0 Å². The van der Waals surface area contributed by atoms with E-state index in [4.69, 9.17) is 5.11 Å².